The van der Waals surface area contributed by atoms with Gasteiger partial charge in [0, 0.05) is 20.1 Å². The molecule has 0 atom stereocenters. The lowest BCUT2D eigenvalue weighted by molar-refractivity contribution is 0.696. The predicted octanol–water partition coefficient (Wildman–Crippen LogP) is 0.765. The van der Waals surface area contributed by atoms with Crippen molar-refractivity contribution in [2.24, 2.45) is 7.05 Å². The van der Waals surface area contributed by atoms with E-state index in [-0.39, 0.29) is 10.6 Å². The van der Waals surface area contributed by atoms with E-state index in [1.54, 1.807) is 13.2 Å². The monoisotopic (exact) mass is 254 g/mol. The molecule has 0 bridgehead atoms. The van der Waals surface area contributed by atoms with Gasteiger partial charge in [0.25, 0.3) is 5.56 Å². The van der Waals surface area contributed by atoms with Crippen LogP contribution in [0.1, 0.15) is 6.42 Å². The third-order valence-electron chi connectivity index (χ3n) is 2.74. The average Bonchev–Trinajstić information content (AvgIpc) is 2.36. The molecule has 92 valence electrons. The van der Waals surface area contributed by atoms with Crippen molar-refractivity contribution >= 4 is 17.3 Å². The SMILES string of the molecule is Cn1ncc(NCC2=CCNCC2)c(Cl)c1=O. The van der Waals surface area contributed by atoms with E-state index in [4.69, 9.17) is 11.6 Å². The number of halogens is 1. The van der Waals surface area contributed by atoms with E-state index in [1.165, 1.54) is 10.3 Å². The van der Waals surface area contributed by atoms with Gasteiger partial charge in [0.1, 0.15) is 5.02 Å². The molecule has 17 heavy (non-hydrogen) atoms. The first kappa shape index (κ1) is 12.1. The summed E-state index contributed by atoms with van der Waals surface area (Å²) in [5.41, 5.74) is 1.63. The topological polar surface area (TPSA) is 59.0 Å². The van der Waals surface area contributed by atoms with Crippen LogP contribution in [0, 0.1) is 0 Å². The number of aryl methyl sites for hydroxylation is 1. The highest BCUT2D eigenvalue weighted by Gasteiger charge is 2.08. The van der Waals surface area contributed by atoms with Crippen LogP contribution >= 0.6 is 11.6 Å². The Morgan fingerprint density at radius 3 is 3.18 bits per heavy atom. The summed E-state index contributed by atoms with van der Waals surface area (Å²) < 4.78 is 1.22. The second-order valence-electron chi connectivity index (χ2n) is 3.97. The molecular formula is C11H15ClN4O. The summed E-state index contributed by atoms with van der Waals surface area (Å²) in [7, 11) is 1.58. The molecule has 5 nitrogen and oxygen atoms in total. The average molecular weight is 255 g/mol. The van der Waals surface area contributed by atoms with Crippen molar-refractivity contribution in [2.45, 2.75) is 6.42 Å². The maximum Gasteiger partial charge on any atom is 0.287 e. The summed E-state index contributed by atoms with van der Waals surface area (Å²) in [6.45, 7) is 2.60. The second kappa shape index (κ2) is 5.33. The third-order valence-corrected chi connectivity index (χ3v) is 3.11. The molecule has 0 saturated heterocycles. The van der Waals surface area contributed by atoms with Crippen molar-refractivity contribution in [1.29, 1.82) is 0 Å². The molecule has 0 fully saturated rings. The van der Waals surface area contributed by atoms with Gasteiger partial charge in [-0.1, -0.05) is 23.3 Å². The minimum absolute atomic E-state index is 0.192. The van der Waals surface area contributed by atoms with Crippen LogP contribution in [0.25, 0.3) is 0 Å². The summed E-state index contributed by atoms with van der Waals surface area (Å²) in [6.07, 6.45) is 4.74. The molecule has 0 unspecified atom stereocenters. The zero-order valence-corrected chi connectivity index (χ0v) is 10.4. The first-order valence-corrected chi connectivity index (χ1v) is 5.90. The maximum absolute atomic E-state index is 11.5. The van der Waals surface area contributed by atoms with Crippen molar-refractivity contribution in [1.82, 2.24) is 15.1 Å². The van der Waals surface area contributed by atoms with Crippen LogP contribution in [0.2, 0.25) is 5.02 Å². The number of rotatable bonds is 3. The van der Waals surface area contributed by atoms with E-state index in [2.05, 4.69) is 21.8 Å². The van der Waals surface area contributed by atoms with Crippen molar-refractivity contribution in [2.75, 3.05) is 25.0 Å². The highest BCUT2D eigenvalue weighted by atomic mass is 35.5. The third kappa shape index (κ3) is 2.87. The molecule has 0 radical (unpaired) electrons. The Balaban J connectivity index is 2.06. The lowest BCUT2D eigenvalue weighted by Crippen LogP contribution is -2.24. The van der Waals surface area contributed by atoms with Crippen molar-refractivity contribution in [3.63, 3.8) is 0 Å². The number of anilines is 1. The quantitative estimate of drug-likeness (QED) is 0.783. The lowest BCUT2D eigenvalue weighted by Gasteiger charge is -2.15. The zero-order valence-electron chi connectivity index (χ0n) is 9.66. The minimum Gasteiger partial charge on any atom is -0.379 e. The lowest BCUT2D eigenvalue weighted by atomic mass is 10.1. The van der Waals surface area contributed by atoms with E-state index < -0.39 is 0 Å². The summed E-state index contributed by atoms with van der Waals surface area (Å²) in [5, 5.41) is 10.5. The normalized spacial score (nSPS) is 15.5. The fraction of sp³-hybridized carbons (Fsp3) is 0.455. The van der Waals surface area contributed by atoms with Gasteiger partial charge in [-0.3, -0.25) is 4.79 Å². The van der Waals surface area contributed by atoms with Gasteiger partial charge in [0.05, 0.1) is 11.9 Å². The highest BCUT2D eigenvalue weighted by Crippen LogP contribution is 2.16. The Hall–Kier alpha value is -1.33. The van der Waals surface area contributed by atoms with Gasteiger partial charge in [0.2, 0.25) is 0 Å². The molecule has 2 N–H and O–H groups in total. The van der Waals surface area contributed by atoms with Crippen LogP contribution in [-0.2, 0) is 7.05 Å². The van der Waals surface area contributed by atoms with Gasteiger partial charge in [-0.2, -0.15) is 5.10 Å². The summed E-state index contributed by atoms with van der Waals surface area (Å²) in [5.74, 6) is 0. The standard InChI is InChI=1S/C11H15ClN4O/c1-16-11(17)10(12)9(7-15-16)14-6-8-2-4-13-5-3-8/h2,7,13-14H,3-6H2,1H3. The van der Waals surface area contributed by atoms with Crippen LogP contribution in [0.3, 0.4) is 0 Å². The number of aromatic nitrogens is 2. The minimum atomic E-state index is -0.282. The zero-order chi connectivity index (χ0) is 12.3. The molecule has 0 aliphatic carbocycles. The van der Waals surface area contributed by atoms with Crippen molar-refractivity contribution in [3.8, 4) is 0 Å². The summed E-state index contributed by atoms with van der Waals surface area (Å²) in [6, 6.07) is 0. The molecule has 1 aromatic heterocycles. The Kier molecular flexibility index (Phi) is 3.81. The smallest absolute Gasteiger partial charge is 0.287 e. The fourth-order valence-electron chi connectivity index (χ4n) is 1.67. The second-order valence-corrected chi connectivity index (χ2v) is 4.35. The first-order valence-electron chi connectivity index (χ1n) is 5.53. The predicted molar refractivity (Wildman–Crippen MR) is 68.5 cm³/mol. The molecule has 2 heterocycles. The van der Waals surface area contributed by atoms with E-state index >= 15 is 0 Å². The Bertz CT molecular complexity index is 495. The van der Waals surface area contributed by atoms with Crippen molar-refractivity contribution < 1.29 is 0 Å². The molecule has 0 saturated carbocycles. The Morgan fingerprint density at radius 2 is 2.47 bits per heavy atom. The molecule has 0 aromatic carbocycles. The van der Waals surface area contributed by atoms with E-state index in [9.17, 15) is 4.79 Å². The van der Waals surface area contributed by atoms with Gasteiger partial charge in [0.15, 0.2) is 0 Å². The molecule has 6 heteroatoms. The summed E-state index contributed by atoms with van der Waals surface area (Å²) in [4.78, 5) is 11.5. The largest absolute Gasteiger partial charge is 0.379 e. The van der Waals surface area contributed by atoms with Crippen LogP contribution in [0.4, 0.5) is 5.69 Å². The molecule has 1 aliphatic rings. The van der Waals surface area contributed by atoms with Crippen LogP contribution in [0.5, 0.6) is 0 Å². The van der Waals surface area contributed by atoms with Crippen molar-refractivity contribution in [3.05, 3.63) is 33.2 Å². The molecule has 0 spiro atoms. The van der Waals surface area contributed by atoms with Gasteiger partial charge in [-0.15, -0.1) is 0 Å². The van der Waals surface area contributed by atoms with Gasteiger partial charge < -0.3 is 10.6 Å². The molecule has 0 amide bonds. The van der Waals surface area contributed by atoms with E-state index in [0.29, 0.717) is 12.2 Å². The number of hydrogen-bond donors (Lipinski definition) is 2. The molecule has 2 rings (SSSR count). The summed E-state index contributed by atoms with van der Waals surface area (Å²) >= 11 is 5.95. The van der Waals surface area contributed by atoms with Crippen LogP contribution < -0.4 is 16.2 Å². The van der Waals surface area contributed by atoms with Gasteiger partial charge in [-0.05, 0) is 13.0 Å². The molecule has 1 aliphatic heterocycles. The van der Waals surface area contributed by atoms with Gasteiger partial charge >= 0.3 is 0 Å². The number of hydrogen-bond acceptors (Lipinski definition) is 4. The highest BCUT2D eigenvalue weighted by molar-refractivity contribution is 6.32. The fourth-order valence-corrected chi connectivity index (χ4v) is 1.91. The molecule has 1 aromatic rings. The van der Waals surface area contributed by atoms with E-state index in [1.807, 2.05) is 0 Å². The number of nitrogens with one attached hydrogen (secondary N) is 2. The maximum atomic E-state index is 11.5. The first-order chi connectivity index (χ1) is 8.18. The number of nitrogens with zero attached hydrogens (tertiary/aromatic N) is 2. The van der Waals surface area contributed by atoms with E-state index in [0.717, 1.165) is 19.5 Å². The van der Waals surface area contributed by atoms with Crippen LogP contribution in [0.15, 0.2) is 22.6 Å². The Morgan fingerprint density at radius 1 is 1.65 bits per heavy atom. The van der Waals surface area contributed by atoms with Gasteiger partial charge in [-0.25, -0.2) is 4.68 Å². The van der Waals surface area contributed by atoms with Crippen LogP contribution in [-0.4, -0.2) is 29.4 Å². The Labute approximate surface area is 104 Å². The molecular weight excluding hydrogens is 240 g/mol.